The Labute approximate surface area is 124 Å². The predicted octanol–water partition coefficient (Wildman–Crippen LogP) is 3.20. The Balaban J connectivity index is 1.86. The molecule has 0 aromatic heterocycles. The fourth-order valence-corrected chi connectivity index (χ4v) is 3.28. The third kappa shape index (κ3) is 4.07. The highest BCUT2D eigenvalue weighted by molar-refractivity contribution is 9.10. The Bertz CT molecular complexity index is 444. The van der Waals surface area contributed by atoms with Gasteiger partial charge in [-0.3, -0.25) is 4.90 Å². The number of rotatable bonds is 4. The van der Waals surface area contributed by atoms with Gasteiger partial charge in [0.05, 0.1) is 6.54 Å². The van der Waals surface area contributed by atoms with E-state index in [-0.39, 0.29) is 0 Å². The molecule has 2 rings (SSSR count). The molecule has 0 saturated carbocycles. The molecule has 1 aromatic rings. The van der Waals surface area contributed by atoms with E-state index in [0.717, 1.165) is 19.6 Å². The second kappa shape index (κ2) is 7.09. The van der Waals surface area contributed by atoms with Crippen LogP contribution < -0.4 is 5.32 Å². The van der Waals surface area contributed by atoms with Gasteiger partial charge in [0, 0.05) is 29.6 Å². The summed E-state index contributed by atoms with van der Waals surface area (Å²) in [4.78, 5) is 2.35. The molecule has 1 atom stereocenters. The molecule has 1 N–H and O–H groups in total. The molecule has 2 nitrogen and oxygen atoms in total. The second-order valence-corrected chi connectivity index (χ2v) is 6.02. The van der Waals surface area contributed by atoms with Crippen molar-refractivity contribution in [1.29, 1.82) is 0 Å². The highest BCUT2D eigenvalue weighted by atomic mass is 79.9. The number of halogens is 1. The summed E-state index contributed by atoms with van der Waals surface area (Å²) in [7, 11) is 0. The molecule has 1 aromatic carbocycles. The zero-order valence-electron chi connectivity index (χ0n) is 11.4. The van der Waals surface area contributed by atoms with Crippen LogP contribution in [0, 0.1) is 12.3 Å². The fraction of sp³-hybridized carbons (Fsp3) is 0.500. The van der Waals surface area contributed by atoms with Crippen molar-refractivity contribution in [3.63, 3.8) is 0 Å². The molecule has 0 unspecified atom stereocenters. The molecule has 0 radical (unpaired) electrons. The SMILES string of the molecule is C#CCN1CCC(N[C@@H](C)c2ccccc2Br)CC1. The van der Waals surface area contributed by atoms with Crippen LogP contribution in [-0.2, 0) is 0 Å². The third-order valence-electron chi connectivity index (χ3n) is 3.76. The third-order valence-corrected chi connectivity index (χ3v) is 4.48. The van der Waals surface area contributed by atoms with Crippen molar-refractivity contribution in [1.82, 2.24) is 10.2 Å². The topological polar surface area (TPSA) is 15.3 Å². The Kier molecular flexibility index (Phi) is 5.45. The summed E-state index contributed by atoms with van der Waals surface area (Å²) in [6.07, 6.45) is 7.71. The largest absolute Gasteiger partial charge is 0.307 e. The van der Waals surface area contributed by atoms with Crippen molar-refractivity contribution < 1.29 is 0 Å². The molecule has 1 aliphatic heterocycles. The van der Waals surface area contributed by atoms with E-state index in [1.54, 1.807) is 0 Å². The van der Waals surface area contributed by atoms with Gasteiger partial charge >= 0.3 is 0 Å². The van der Waals surface area contributed by atoms with Gasteiger partial charge in [-0.15, -0.1) is 6.42 Å². The van der Waals surface area contributed by atoms with Gasteiger partial charge in [0.2, 0.25) is 0 Å². The Hall–Kier alpha value is -0.820. The lowest BCUT2D eigenvalue weighted by Crippen LogP contribution is -2.43. The summed E-state index contributed by atoms with van der Waals surface area (Å²) < 4.78 is 1.18. The summed E-state index contributed by atoms with van der Waals surface area (Å²) in [6.45, 7) is 5.22. The average Bonchev–Trinajstić information content (AvgIpc) is 2.42. The van der Waals surface area contributed by atoms with Crippen molar-refractivity contribution in [2.75, 3.05) is 19.6 Å². The molecular weight excluding hydrogens is 300 g/mol. The van der Waals surface area contributed by atoms with E-state index in [9.17, 15) is 0 Å². The summed E-state index contributed by atoms with van der Waals surface area (Å²) >= 11 is 3.62. The van der Waals surface area contributed by atoms with Gasteiger partial charge in [-0.2, -0.15) is 0 Å². The molecule has 0 bridgehead atoms. The van der Waals surface area contributed by atoms with Crippen molar-refractivity contribution in [3.05, 3.63) is 34.3 Å². The number of terminal acetylenes is 1. The maximum Gasteiger partial charge on any atom is 0.0598 e. The van der Waals surface area contributed by atoms with Crippen LogP contribution in [0.15, 0.2) is 28.7 Å². The number of hydrogen-bond acceptors (Lipinski definition) is 2. The number of nitrogens with zero attached hydrogens (tertiary/aromatic N) is 1. The standard InChI is InChI=1S/C16H21BrN2/c1-3-10-19-11-8-14(9-12-19)18-13(2)15-6-4-5-7-16(15)17/h1,4-7,13-14,18H,8-12H2,2H3/t13-/m0/s1. The van der Waals surface area contributed by atoms with Crippen LogP contribution in [0.2, 0.25) is 0 Å². The summed E-state index contributed by atoms with van der Waals surface area (Å²) in [5.41, 5.74) is 1.33. The summed E-state index contributed by atoms with van der Waals surface area (Å²) in [5.74, 6) is 2.73. The lowest BCUT2D eigenvalue weighted by atomic mass is 10.0. The molecule has 1 saturated heterocycles. The first-order valence-electron chi connectivity index (χ1n) is 6.87. The number of benzene rings is 1. The first kappa shape index (κ1) is 14.6. The van der Waals surface area contributed by atoms with Gasteiger partial charge in [0.25, 0.3) is 0 Å². The molecule has 3 heteroatoms. The van der Waals surface area contributed by atoms with Gasteiger partial charge in [0.15, 0.2) is 0 Å². The smallest absolute Gasteiger partial charge is 0.0598 e. The quantitative estimate of drug-likeness (QED) is 0.857. The van der Waals surface area contributed by atoms with Gasteiger partial charge in [-0.1, -0.05) is 40.0 Å². The Morgan fingerprint density at radius 2 is 2.11 bits per heavy atom. The molecule has 102 valence electrons. The zero-order valence-corrected chi connectivity index (χ0v) is 13.0. The van der Waals surface area contributed by atoms with Crippen LogP contribution in [0.5, 0.6) is 0 Å². The highest BCUT2D eigenvalue weighted by Gasteiger charge is 2.20. The lowest BCUT2D eigenvalue weighted by Gasteiger charge is -2.33. The first-order chi connectivity index (χ1) is 9.20. The van der Waals surface area contributed by atoms with E-state index >= 15 is 0 Å². The second-order valence-electron chi connectivity index (χ2n) is 5.16. The van der Waals surface area contributed by atoms with Crippen molar-refractivity contribution in [2.45, 2.75) is 31.8 Å². The van der Waals surface area contributed by atoms with Crippen LogP contribution in [0.25, 0.3) is 0 Å². The van der Waals surface area contributed by atoms with Crippen molar-refractivity contribution in [2.24, 2.45) is 0 Å². The van der Waals surface area contributed by atoms with Gasteiger partial charge < -0.3 is 5.32 Å². The Morgan fingerprint density at radius 3 is 2.74 bits per heavy atom. The lowest BCUT2D eigenvalue weighted by molar-refractivity contribution is 0.211. The van der Waals surface area contributed by atoms with E-state index in [1.165, 1.54) is 22.9 Å². The van der Waals surface area contributed by atoms with E-state index in [0.29, 0.717) is 12.1 Å². The molecule has 0 amide bonds. The van der Waals surface area contributed by atoms with Crippen LogP contribution in [0.4, 0.5) is 0 Å². The van der Waals surface area contributed by atoms with Crippen molar-refractivity contribution >= 4 is 15.9 Å². The Morgan fingerprint density at radius 1 is 1.42 bits per heavy atom. The minimum absolute atomic E-state index is 0.375. The number of hydrogen-bond donors (Lipinski definition) is 1. The average molecular weight is 321 g/mol. The van der Waals surface area contributed by atoms with Crippen molar-refractivity contribution in [3.8, 4) is 12.3 Å². The van der Waals surface area contributed by atoms with E-state index < -0.39 is 0 Å². The molecule has 1 aliphatic rings. The van der Waals surface area contributed by atoms with Crippen LogP contribution in [0.3, 0.4) is 0 Å². The van der Waals surface area contributed by atoms with Crippen LogP contribution in [-0.4, -0.2) is 30.6 Å². The molecule has 0 spiro atoms. The van der Waals surface area contributed by atoms with E-state index in [2.05, 4.69) is 63.3 Å². The first-order valence-corrected chi connectivity index (χ1v) is 7.66. The van der Waals surface area contributed by atoms with Crippen LogP contribution in [0.1, 0.15) is 31.4 Å². The maximum absolute atomic E-state index is 5.35. The monoisotopic (exact) mass is 320 g/mol. The van der Waals surface area contributed by atoms with E-state index in [1.807, 2.05) is 0 Å². The number of piperidine rings is 1. The molecular formula is C16H21BrN2. The zero-order chi connectivity index (χ0) is 13.7. The van der Waals surface area contributed by atoms with E-state index in [4.69, 9.17) is 6.42 Å². The number of likely N-dealkylation sites (tertiary alicyclic amines) is 1. The molecule has 1 fully saturated rings. The number of nitrogens with one attached hydrogen (secondary N) is 1. The minimum atomic E-state index is 0.375. The molecule has 0 aliphatic carbocycles. The highest BCUT2D eigenvalue weighted by Crippen LogP contribution is 2.24. The normalized spacial score (nSPS) is 19.0. The molecule has 19 heavy (non-hydrogen) atoms. The minimum Gasteiger partial charge on any atom is -0.307 e. The van der Waals surface area contributed by atoms with Gasteiger partial charge in [-0.05, 0) is 31.4 Å². The van der Waals surface area contributed by atoms with Gasteiger partial charge in [-0.25, -0.2) is 0 Å². The summed E-state index contributed by atoms with van der Waals surface area (Å²) in [6, 6.07) is 9.39. The molecule has 1 heterocycles. The fourth-order valence-electron chi connectivity index (χ4n) is 2.66. The summed E-state index contributed by atoms with van der Waals surface area (Å²) in [5, 5.41) is 3.73. The maximum atomic E-state index is 5.35. The van der Waals surface area contributed by atoms with Crippen LogP contribution >= 0.6 is 15.9 Å². The predicted molar refractivity (Wildman–Crippen MR) is 84.0 cm³/mol. The van der Waals surface area contributed by atoms with Gasteiger partial charge in [0.1, 0.15) is 0 Å².